The molecule has 1 saturated heterocycles. The maximum absolute atomic E-state index is 9.60. The SMILES string of the molecule is CCCCCCCCCCOC1CCOC(COC(C)(C)O)C1. The Kier molecular flexibility index (Phi) is 11.1. The van der Waals surface area contributed by atoms with Crippen molar-refractivity contribution in [2.45, 2.75) is 103 Å². The largest absolute Gasteiger partial charge is 0.378 e. The Morgan fingerprint density at radius 3 is 2.35 bits per heavy atom. The second-order valence-corrected chi connectivity index (χ2v) is 7.24. The van der Waals surface area contributed by atoms with Gasteiger partial charge in [-0.15, -0.1) is 0 Å². The molecular formula is C19H38O4. The van der Waals surface area contributed by atoms with E-state index in [9.17, 15) is 5.11 Å². The van der Waals surface area contributed by atoms with Crippen molar-refractivity contribution in [3.05, 3.63) is 0 Å². The lowest BCUT2D eigenvalue weighted by Gasteiger charge is -2.31. The van der Waals surface area contributed by atoms with Gasteiger partial charge in [0.05, 0.1) is 18.8 Å². The zero-order chi connectivity index (χ0) is 17.0. The van der Waals surface area contributed by atoms with Gasteiger partial charge < -0.3 is 19.3 Å². The Hall–Kier alpha value is -0.160. The van der Waals surface area contributed by atoms with E-state index in [1.807, 2.05) is 0 Å². The fraction of sp³-hybridized carbons (Fsp3) is 1.00. The van der Waals surface area contributed by atoms with Gasteiger partial charge in [0.1, 0.15) is 0 Å². The van der Waals surface area contributed by atoms with Crippen LogP contribution < -0.4 is 0 Å². The molecule has 0 saturated carbocycles. The summed E-state index contributed by atoms with van der Waals surface area (Å²) in [6.45, 7) is 7.56. The van der Waals surface area contributed by atoms with Gasteiger partial charge in [0, 0.05) is 19.6 Å². The smallest absolute Gasteiger partial charge is 0.159 e. The van der Waals surface area contributed by atoms with E-state index in [-0.39, 0.29) is 12.2 Å². The first kappa shape index (κ1) is 20.9. The third kappa shape index (κ3) is 11.9. The van der Waals surface area contributed by atoms with Crippen LogP contribution in [-0.2, 0) is 14.2 Å². The van der Waals surface area contributed by atoms with Crippen LogP contribution in [0.1, 0.15) is 85.0 Å². The minimum Gasteiger partial charge on any atom is -0.378 e. The summed E-state index contributed by atoms with van der Waals surface area (Å²) in [7, 11) is 0. The molecule has 1 heterocycles. The molecule has 0 spiro atoms. The standard InChI is InChI=1S/C19H38O4/c1-4-5-6-7-8-9-10-11-13-21-17-12-14-22-18(15-17)16-23-19(2,3)20/h17-18,20H,4-16H2,1-3H3. The highest BCUT2D eigenvalue weighted by atomic mass is 16.6. The highest BCUT2D eigenvalue weighted by Crippen LogP contribution is 2.19. The van der Waals surface area contributed by atoms with E-state index >= 15 is 0 Å². The van der Waals surface area contributed by atoms with Gasteiger partial charge in [-0.25, -0.2) is 0 Å². The number of hydrogen-bond acceptors (Lipinski definition) is 4. The molecule has 1 N–H and O–H groups in total. The highest BCUT2D eigenvalue weighted by Gasteiger charge is 2.25. The van der Waals surface area contributed by atoms with Crippen LogP contribution in [0, 0.1) is 0 Å². The maximum atomic E-state index is 9.60. The van der Waals surface area contributed by atoms with Gasteiger partial charge in [0.2, 0.25) is 0 Å². The van der Waals surface area contributed by atoms with Gasteiger partial charge in [-0.05, 0) is 26.7 Å². The Labute approximate surface area is 142 Å². The van der Waals surface area contributed by atoms with Crippen LogP contribution in [-0.4, -0.2) is 42.9 Å². The lowest BCUT2D eigenvalue weighted by Crippen LogP contribution is -2.37. The van der Waals surface area contributed by atoms with Crippen molar-refractivity contribution in [2.75, 3.05) is 19.8 Å². The van der Waals surface area contributed by atoms with E-state index in [1.165, 1.54) is 44.9 Å². The van der Waals surface area contributed by atoms with Crippen molar-refractivity contribution in [1.29, 1.82) is 0 Å². The Bertz CT molecular complexity index is 275. The van der Waals surface area contributed by atoms with Crippen LogP contribution in [0.3, 0.4) is 0 Å². The summed E-state index contributed by atoms with van der Waals surface area (Å²) < 4.78 is 17.1. The predicted molar refractivity (Wildman–Crippen MR) is 93.6 cm³/mol. The van der Waals surface area contributed by atoms with Gasteiger partial charge in [0.25, 0.3) is 0 Å². The van der Waals surface area contributed by atoms with Crippen molar-refractivity contribution < 1.29 is 19.3 Å². The first-order chi connectivity index (χ1) is 11.0. The lowest BCUT2D eigenvalue weighted by molar-refractivity contribution is -0.204. The number of aliphatic hydroxyl groups is 1. The zero-order valence-corrected chi connectivity index (χ0v) is 15.5. The fourth-order valence-electron chi connectivity index (χ4n) is 2.90. The lowest BCUT2D eigenvalue weighted by atomic mass is 10.1. The maximum Gasteiger partial charge on any atom is 0.159 e. The van der Waals surface area contributed by atoms with Crippen molar-refractivity contribution >= 4 is 0 Å². The average Bonchev–Trinajstić information content (AvgIpc) is 2.51. The van der Waals surface area contributed by atoms with Gasteiger partial charge >= 0.3 is 0 Å². The second-order valence-electron chi connectivity index (χ2n) is 7.24. The van der Waals surface area contributed by atoms with E-state index < -0.39 is 5.79 Å². The first-order valence-electron chi connectivity index (χ1n) is 9.61. The first-order valence-corrected chi connectivity index (χ1v) is 9.61. The van der Waals surface area contributed by atoms with Gasteiger partial charge in [-0.3, -0.25) is 0 Å². The molecule has 0 radical (unpaired) electrons. The molecule has 0 aromatic rings. The molecule has 0 aromatic carbocycles. The molecule has 0 aromatic heterocycles. The number of rotatable bonds is 13. The molecule has 0 aliphatic carbocycles. The monoisotopic (exact) mass is 330 g/mol. The van der Waals surface area contributed by atoms with Crippen molar-refractivity contribution in [1.82, 2.24) is 0 Å². The third-order valence-corrected chi connectivity index (χ3v) is 4.29. The summed E-state index contributed by atoms with van der Waals surface area (Å²) in [6.07, 6.45) is 12.8. The van der Waals surface area contributed by atoms with Gasteiger partial charge in [-0.2, -0.15) is 0 Å². The molecule has 0 amide bonds. The quantitative estimate of drug-likeness (QED) is 0.401. The van der Waals surface area contributed by atoms with Crippen LogP contribution in [0.15, 0.2) is 0 Å². The average molecular weight is 331 g/mol. The number of ether oxygens (including phenoxy) is 3. The molecule has 1 aliphatic rings. The Balaban J connectivity index is 1.98. The summed E-state index contributed by atoms with van der Waals surface area (Å²) >= 11 is 0. The molecule has 1 rings (SSSR count). The second kappa shape index (κ2) is 12.2. The van der Waals surface area contributed by atoms with E-state index in [0.717, 1.165) is 32.5 Å². The van der Waals surface area contributed by atoms with E-state index in [4.69, 9.17) is 14.2 Å². The van der Waals surface area contributed by atoms with Crippen molar-refractivity contribution in [3.63, 3.8) is 0 Å². The number of hydrogen-bond donors (Lipinski definition) is 1. The van der Waals surface area contributed by atoms with E-state index in [2.05, 4.69) is 6.92 Å². The van der Waals surface area contributed by atoms with Crippen molar-refractivity contribution in [2.24, 2.45) is 0 Å². The highest BCUT2D eigenvalue weighted by molar-refractivity contribution is 4.72. The Morgan fingerprint density at radius 2 is 1.70 bits per heavy atom. The molecule has 1 fully saturated rings. The molecule has 4 nitrogen and oxygen atoms in total. The van der Waals surface area contributed by atoms with Crippen LogP contribution in [0.2, 0.25) is 0 Å². The molecule has 138 valence electrons. The summed E-state index contributed by atoms with van der Waals surface area (Å²) in [5.74, 6) is -1.09. The molecule has 1 aliphatic heterocycles. The molecule has 2 unspecified atom stereocenters. The summed E-state index contributed by atoms with van der Waals surface area (Å²) in [4.78, 5) is 0. The molecular weight excluding hydrogens is 292 g/mol. The van der Waals surface area contributed by atoms with Crippen LogP contribution in [0.4, 0.5) is 0 Å². The fourth-order valence-corrected chi connectivity index (χ4v) is 2.90. The summed E-state index contributed by atoms with van der Waals surface area (Å²) in [5.41, 5.74) is 0. The van der Waals surface area contributed by atoms with E-state index in [0.29, 0.717) is 6.61 Å². The molecule has 4 heteroatoms. The minimum absolute atomic E-state index is 0.0405. The normalized spacial score (nSPS) is 22.4. The summed E-state index contributed by atoms with van der Waals surface area (Å²) in [5, 5.41) is 9.60. The van der Waals surface area contributed by atoms with E-state index in [1.54, 1.807) is 13.8 Å². The van der Waals surface area contributed by atoms with Crippen LogP contribution >= 0.6 is 0 Å². The van der Waals surface area contributed by atoms with Crippen molar-refractivity contribution in [3.8, 4) is 0 Å². The molecule has 0 bridgehead atoms. The molecule has 2 atom stereocenters. The predicted octanol–water partition coefficient (Wildman–Crippen LogP) is 4.44. The van der Waals surface area contributed by atoms with Crippen LogP contribution in [0.5, 0.6) is 0 Å². The topological polar surface area (TPSA) is 47.9 Å². The summed E-state index contributed by atoms with van der Waals surface area (Å²) in [6, 6.07) is 0. The Morgan fingerprint density at radius 1 is 1.04 bits per heavy atom. The number of unbranched alkanes of at least 4 members (excludes halogenated alkanes) is 7. The van der Waals surface area contributed by atoms with Gasteiger partial charge in [-0.1, -0.05) is 51.9 Å². The zero-order valence-electron chi connectivity index (χ0n) is 15.5. The molecule has 23 heavy (non-hydrogen) atoms. The third-order valence-electron chi connectivity index (χ3n) is 4.29. The van der Waals surface area contributed by atoms with Gasteiger partial charge in [0.15, 0.2) is 5.79 Å². The van der Waals surface area contributed by atoms with Crippen LogP contribution in [0.25, 0.3) is 0 Å². The minimum atomic E-state index is -1.09.